The fourth-order valence-electron chi connectivity index (χ4n) is 2.31. The Morgan fingerprint density at radius 1 is 1.28 bits per heavy atom. The van der Waals surface area contributed by atoms with Crippen LogP contribution in [0.3, 0.4) is 0 Å². The molecule has 0 aliphatic rings. The molecule has 0 bridgehead atoms. The predicted molar refractivity (Wildman–Crippen MR) is 91.0 cm³/mol. The molecule has 0 radical (unpaired) electrons. The van der Waals surface area contributed by atoms with Gasteiger partial charge in [0.05, 0.1) is 26.5 Å². The van der Waals surface area contributed by atoms with Gasteiger partial charge in [-0.3, -0.25) is 0 Å². The fraction of sp³-hybridized carbons (Fsp3) is 0.438. The second kappa shape index (κ2) is 8.48. The fourth-order valence-corrected chi connectivity index (χ4v) is 3.03. The number of amides is 1. The van der Waals surface area contributed by atoms with Crippen molar-refractivity contribution in [3.05, 3.63) is 41.2 Å². The van der Waals surface area contributed by atoms with Gasteiger partial charge in [-0.25, -0.2) is 22.9 Å². The van der Waals surface area contributed by atoms with E-state index in [1.54, 1.807) is 24.3 Å². The Balaban J connectivity index is 3.31. The van der Waals surface area contributed by atoms with Gasteiger partial charge in [0.1, 0.15) is 15.4 Å². The normalized spacial score (nSPS) is 13.2. The van der Waals surface area contributed by atoms with Crippen LogP contribution in [-0.4, -0.2) is 52.2 Å². The molecule has 0 heterocycles. The molecule has 1 rings (SSSR count). The number of methoxy groups -OCH3 is 2. The Labute approximate surface area is 146 Å². The first-order valence-electron chi connectivity index (χ1n) is 7.24. The van der Waals surface area contributed by atoms with Crippen molar-refractivity contribution in [2.45, 2.75) is 18.4 Å². The van der Waals surface area contributed by atoms with Crippen LogP contribution in [0.5, 0.6) is 0 Å². The molecule has 8 nitrogen and oxygen atoms in total. The summed E-state index contributed by atoms with van der Waals surface area (Å²) in [5, 5.41) is 2.41. The third-order valence-electron chi connectivity index (χ3n) is 3.55. The summed E-state index contributed by atoms with van der Waals surface area (Å²) in [5.74, 6) is -1.14. The molecule has 1 atom stereocenters. The van der Waals surface area contributed by atoms with Gasteiger partial charge in [0.2, 0.25) is 0 Å². The maximum absolute atomic E-state index is 12.4. The van der Waals surface area contributed by atoms with Gasteiger partial charge >= 0.3 is 12.1 Å². The van der Waals surface area contributed by atoms with Crippen LogP contribution < -0.4 is 5.32 Å². The first-order valence-corrected chi connectivity index (χ1v) is 9.30. The lowest BCUT2D eigenvalue weighted by Crippen LogP contribution is -2.57. The number of hydrogen-bond donors (Lipinski definition) is 1. The van der Waals surface area contributed by atoms with E-state index in [1.807, 2.05) is 0 Å². The number of nitrogens with one attached hydrogen (secondary N) is 1. The van der Waals surface area contributed by atoms with Crippen LogP contribution in [0.25, 0.3) is 4.85 Å². The highest BCUT2D eigenvalue weighted by Crippen LogP contribution is 2.24. The number of carbonyl (C=O) groups is 2. The van der Waals surface area contributed by atoms with Crippen molar-refractivity contribution in [3.8, 4) is 0 Å². The lowest BCUT2D eigenvalue weighted by Gasteiger charge is -2.31. The van der Waals surface area contributed by atoms with Crippen LogP contribution in [0.2, 0.25) is 0 Å². The number of alkyl carbamates (subject to hydrolysis) is 1. The van der Waals surface area contributed by atoms with Crippen LogP contribution >= 0.6 is 0 Å². The molecule has 1 amide bonds. The van der Waals surface area contributed by atoms with Gasteiger partial charge in [-0.15, -0.1) is 0 Å². The molecule has 0 aliphatic heterocycles. The molecular weight excluding hydrogens is 348 g/mol. The number of benzene rings is 1. The van der Waals surface area contributed by atoms with Crippen molar-refractivity contribution in [1.82, 2.24) is 5.32 Å². The molecule has 25 heavy (non-hydrogen) atoms. The largest absolute Gasteiger partial charge is 0.467 e. The number of sulfone groups is 1. The molecule has 1 N–H and O–H groups in total. The van der Waals surface area contributed by atoms with Gasteiger partial charge in [-0.05, 0) is 6.42 Å². The Morgan fingerprint density at radius 3 is 2.48 bits per heavy atom. The van der Waals surface area contributed by atoms with E-state index in [4.69, 9.17) is 11.3 Å². The zero-order valence-electron chi connectivity index (χ0n) is 14.2. The van der Waals surface area contributed by atoms with Gasteiger partial charge in [0.15, 0.2) is 5.69 Å². The first-order chi connectivity index (χ1) is 11.7. The average molecular weight is 368 g/mol. The number of carbonyl (C=O) groups excluding carboxylic acids is 2. The predicted octanol–water partition coefficient (Wildman–Crippen LogP) is 1.48. The van der Waals surface area contributed by atoms with E-state index in [9.17, 15) is 18.0 Å². The SMILES string of the molecule is [C-]#[N+]c1cccc(CC(CCS(C)(=O)=O)(NC(=O)OC)C(=O)OC)c1. The molecule has 1 aromatic rings. The van der Waals surface area contributed by atoms with Crippen molar-refractivity contribution in [2.24, 2.45) is 0 Å². The molecule has 1 unspecified atom stereocenters. The standard InChI is InChI=1S/C16H20N2O6S/c1-17-13-7-5-6-12(10-13)11-16(14(19)23-2,18-15(20)24-3)8-9-25(4,21)22/h5-7,10H,8-9,11H2,2-4H3,(H,18,20). The number of rotatable bonds is 7. The maximum Gasteiger partial charge on any atom is 0.407 e. The number of nitrogens with zero attached hydrogens (tertiary/aromatic N) is 1. The molecule has 9 heteroatoms. The van der Waals surface area contributed by atoms with Crippen molar-refractivity contribution < 1.29 is 27.5 Å². The van der Waals surface area contributed by atoms with E-state index in [0.29, 0.717) is 11.3 Å². The summed E-state index contributed by atoms with van der Waals surface area (Å²) < 4.78 is 32.5. The number of ether oxygens (including phenoxy) is 2. The molecular formula is C16H20N2O6S. The van der Waals surface area contributed by atoms with Crippen LogP contribution in [0.15, 0.2) is 24.3 Å². The van der Waals surface area contributed by atoms with Crippen LogP contribution in [0, 0.1) is 6.57 Å². The number of hydrogen-bond acceptors (Lipinski definition) is 6. The zero-order chi connectivity index (χ0) is 19.1. The Bertz CT molecular complexity index is 784. The summed E-state index contributed by atoms with van der Waals surface area (Å²) in [6.07, 6.45) is -0.101. The topological polar surface area (TPSA) is 103 Å². The Kier molecular flexibility index (Phi) is 6.94. The highest BCUT2D eigenvalue weighted by atomic mass is 32.2. The second-order valence-electron chi connectivity index (χ2n) is 5.53. The van der Waals surface area contributed by atoms with Crippen LogP contribution in [-0.2, 0) is 30.5 Å². The van der Waals surface area contributed by atoms with Gasteiger partial charge in [0, 0.05) is 12.7 Å². The maximum atomic E-state index is 12.4. The monoisotopic (exact) mass is 368 g/mol. The lowest BCUT2D eigenvalue weighted by molar-refractivity contribution is -0.148. The molecule has 0 fully saturated rings. The highest BCUT2D eigenvalue weighted by molar-refractivity contribution is 7.90. The summed E-state index contributed by atoms with van der Waals surface area (Å²) >= 11 is 0. The van der Waals surface area contributed by atoms with Gasteiger partial charge in [-0.2, -0.15) is 0 Å². The summed E-state index contributed by atoms with van der Waals surface area (Å²) in [6.45, 7) is 7.06. The van der Waals surface area contributed by atoms with Crippen molar-refractivity contribution in [2.75, 3.05) is 26.2 Å². The van der Waals surface area contributed by atoms with E-state index in [-0.39, 0.29) is 18.6 Å². The van der Waals surface area contributed by atoms with E-state index >= 15 is 0 Å². The van der Waals surface area contributed by atoms with Crippen molar-refractivity contribution in [1.29, 1.82) is 0 Å². The quantitative estimate of drug-likeness (QED) is 0.578. The Morgan fingerprint density at radius 2 is 1.96 bits per heavy atom. The summed E-state index contributed by atoms with van der Waals surface area (Å²) in [7, 11) is -1.12. The highest BCUT2D eigenvalue weighted by Gasteiger charge is 2.42. The molecule has 0 saturated carbocycles. The number of esters is 1. The Hall–Kier alpha value is -2.60. The van der Waals surface area contributed by atoms with Crippen molar-refractivity contribution in [3.63, 3.8) is 0 Å². The minimum atomic E-state index is -3.40. The molecule has 0 aromatic heterocycles. The minimum Gasteiger partial charge on any atom is -0.467 e. The zero-order valence-corrected chi connectivity index (χ0v) is 15.1. The van der Waals surface area contributed by atoms with Crippen LogP contribution in [0.1, 0.15) is 12.0 Å². The van der Waals surface area contributed by atoms with E-state index in [1.165, 1.54) is 0 Å². The second-order valence-corrected chi connectivity index (χ2v) is 7.79. The van der Waals surface area contributed by atoms with Gasteiger partial charge in [-0.1, -0.05) is 29.8 Å². The lowest BCUT2D eigenvalue weighted by atomic mass is 9.88. The van der Waals surface area contributed by atoms with E-state index in [2.05, 4.69) is 14.9 Å². The van der Waals surface area contributed by atoms with Gasteiger partial charge < -0.3 is 14.8 Å². The smallest absolute Gasteiger partial charge is 0.407 e. The molecule has 136 valence electrons. The third kappa shape index (κ3) is 6.08. The van der Waals surface area contributed by atoms with E-state index < -0.39 is 27.4 Å². The molecule has 1 aromatic carbocycles. The summed E-state index contributed by atoms with van der Waals surface area (Å²) in [6, 6.07) is 6.47. The first kappa shape index (κ1) is 20.4. The summed E-state index contributed by atoms with van der Waals surface area (Å²) in [4.78, 5) is 27.5. The van der Waals surface area contributed by atoms with Crippen molar-refractivity contribution >= 4 is 27.6 Å². The minimum absolute atomic E-state index is 0.0480. The average Bonchev–Trinajstić information content (AvgIpc) is 2.58. The summed E-state index contributed by atoms with van der Waals surface area (Å²) in [5.41, 5.74) is -0.702. The van der Waals surface area contributed by atoms with E-state index in [0.717, 1.165) is 20.5 Å². The molecule has 0 spiro atoms. The molecule has 0 aliphatic carbocycles. The third-order valence-corrected chi connectivity index (χ3v) is 4.49. The van der Waals surface area contributed by atoms with Gasteiger partial charge in [0.25, 0.3) is 0 Å². The van der Waals surface area contributed by atoms with Crippen LogP contribution in [0.4, 0.5) is 10.5 Å². The molecule has 0 saturated heterocycles.